The number of nitrogens with zero attached hydrogens (tertiary/aromatic N) is 3. The first-order chi connectivity index (χ1) is 5.77. The number of aromatic carboxylic acids is 1. The van der Waals surface area contributed by atoms with Gasteiger partial charge in [-0.25, -0.2) is 15.0 Å². The van der Waals surface area contributed by atoms with Crippen LogP contribution >= 0.6 is 0 Å². The van der Waals surface area contributed by atoms with Crippen LogP contribution in [0, 0.1) is 0 Å². The summed E-state index contributed by atoms with van der Waals surface area (Å²) in [6, 6.07) is 0. The van der Waals surface area contributed by atoms with E-state index < -0.39 is 5.97 Å². The molecule has 0 aliphatic rings. The Morgan fingerprint density at radius 3 is 2.92 bits per heavy atom. The van der Waals surface area contributed by atoms with Crippen LogP contribution in [0.4, 0.5) is 0 Å². The Balaban J connectivity index is 0.000000845. The molecule has 13 heavy (non-hydrogen) atoms. The third-order valence-electron chi connectivity index (χ3n) is 1.36. The second kappa shape index (κ2) is 4.25. The van der Waals surface area contributed by atoms with Gasteiger partial charge >= 0.3 is 51.4 Å². The van der Waals surface area contributed by atoms with Gasteiger partial charge in [-0.05, 0) is 0 Å². The first kappa shape index (κ1) is 10.7. The summed E-state index contributed by atoms with van der Waals surface area (Å²) in [5.41, 5.74) is 0.921. The number of imidazole rings is 1. The topological polar surface area (TPSA) is 94.6 Å². The Kier molecular flexibility index (Phi) is 3.51. The van der Waals surface area contributed by atoms with Crippen molar-refractivity contribution in [3.8, 4) is 0 Å². The van der Waals surface area contributed by atoms with Crippen LogP contribution in [0.25, 0.3) is 11.2 Å². The molecule has 2 aromatic heterocycles. The van der Waals surface area contributed by atoms with Crippen molar-refractivity contribution in [2.45, 2.75) is 0 Å². The number of fused-ring (bicyclic) bond motifs is 1. The van der Waals surface area contributed by atoms with Crippen molar-refractivity contribution < 1.29 is 61.3 Å². The van der Waals surface area contributed by atoms with Gasteiger partial charge in [0.15, 0.2) is 11.5 Å². The van der Waals surface area contributed by atoms with E-state index >= 15 is 0 Å². The Morgan fingerprint density at radius 1 is 1.46 bits per heavy atom. The molecule has 0 saturated carbocycles. The molecule has 0 unspecified atom stereocenters. The van der Waals surface area contributed by atoms with Crippen LogP contribution in [0.1, 0.15) is 10.6 Å². The fourth-order valence-electron chi connectivity index (χ4n) is 0.834. The molecule has 2 aromatic rings. The van der Waals surface area contributed by atoms with E-state index in [0.29, 0.717) is 11.2 Å². The molecule has 0 saturated heterocycles. The molecule has 0 fully saturated rings. The molecule has 7 heteroatoms. The van der Waals surface area contributed by atoms with E-state index in [1.54, 1.807) is 0 Å². The quantitative estimate of drug-likeness (QED) is 0.472. The number of aromatic amines is 1. The van der Waals surface area contributed by atoms with E-state index in [9.17, 15) is 9.90 Å². The number of hydrogen-bond donors (Lipinski definition) is 1. The largest absolute Gasteiger partial charge is 1.00 e. The van der Waals surface area contributed by atoms with Gasteiger partial charge in [0.25, 0.3) is 0 Å². The normalized spacial score (nSPS) is 9.54. The summed E-state index contributed by atoms with van der Waals surface area (Å²) in [5.74, 6) is -1.76. The van der Waals surface area contributed by atoms with Crippen molar-refractivity contribution in [3.63, 3.8) is 0 Å². The number of carboxylic acid groups (broad SMARTS) is 1. The second-order valence-electron chi connectivity index (χ2n) is 2.12. The zero-order chi connectivity index (χ0) is 8.55. The van der Waals surface area contributed by atoms with E-state index in [0.717, 1.165) is 0 Å². The molecule has 0 aromatic carbocycles. The third kappa shape index (κ3) is 2.12. The van der Waals surface area contributed by atoms with Crippen molar-refractivity contribution in [1.82, 2.24) is 19.9 Å². The average molecular weight is 202 g/mol. The molecule has 60 valence electrons. The van der Waals surface area contributed by atoms with Crippen molar-refractivity contribution >= 4 is 17.1 Å². The van der Waals surface area contributed by atoms with E-state index in [2.05, 4.69) is 19.9 Å². The van der Waals surface area contributed by atoms with Crippen LogP contribution in [0.3, 0.4) is 0 Å². The summed E-state index contributed by atoms with van der Waals surface area (Å²) in [7, 11) is 0. The SMILES string of the molecule is O=C([O-])c1ncc2[nH]cnc2n1.[K+]. The summed E-state index contributed by atoms with van der Waals surface area (Å²) in [5, 5.41) is 10.3. The van der Waals surface area contributed by atoms with Gasteiger partial charge in [-0.15, -0.1) is 0 Å². The summed E-state index contributed by atoms with van der Waals surface area (Å²) in [6.07, 6.45) is 2.76. The van der Waals surface area contributed by atoms with Crippen molar-refractivity contribution in [2.75, 3.05) is 0 Å². The van der Waals surface area contributed by atoms with E-state index in [1.165, 1.54) is 12.5 Å². The fraction of sp³-hybridized carbons (Fsp3) is 0. The van der Waals surface area contributed by atoms with Gasteiger partial charge < -0.3 is 14.9 Å². The maximum absolute atomic E-state index is 10.3. The second-order valence-corrected chi connectivity index (χ2v) is 2.12. The summed E-state index contributed by atoms with van der Waals surface area (Å²) in [6.45, 7) is 0. The number of carbonyl (C=O) groups excluding carboxylic acids is 1. The number of carboxylic acids is 1. The van der Waals surface area contributed by atoms with Gasteiger partial charge in [0.1, 0.15) is 11.5 Å². The van der Waals surface area contributed by atoms with Crippen molar-refractivity contribution in [3.05, 3.63) is 18.3 Å². The Labute approximate surface area is 115 Å². The number of aromatic nitrogens is 4. The fourth-order valence-corrected chi connectivity index (χ4v) is 0.834. The smallest absolute Gasteiger partial charge is 0.542 e. The number of hydrogen-bond acceptors (Lipinski definition) is 5. The molecule has 0 bridgehead atoms. The third-order valence-corrected chi connectivity index (χ3v) is 1.36. The first-order valence-electron chi connectivity index (χ1n) is 3.15. The summed E-state index contributed by atoms with van der Waals surface area (Å²) < 4.78 is 0. The zero-order valence-electron chi connectivity index (χ0n) is 6.81. The molecule has 1 N–H and O–H groups in total. The maximum Gasteiger partial charge on any atom is 1.00 e. The minimum absolute atomic E-state index is 0. The van der Waals surface area contributed by atoms with E-state index in [-0.39, 0.29) is 57.2 Å². The molecular weight excluding hydrogens is 199 g/mol. The predicted octanol–water partition coefficient (Wildman–Crippen LogP) is -4.28. The van der Waals surface area contributed by atoms with Crippen LogP contribution in [0.5, 0.6) is 0 Å². The Hall–Kier alpha value is -0.344. The van der Waals surface area contributed by atoms with Gasteiger partial charge in [0, 0.05) is 0 Å². The van der Waals surface area contributed by atoms with Crippen LogP contribution < -0.4 is 56.5 Å². The number of rotatable bonds is 1. The van der Waals surface area contributed by atoms with Crippen molar-refractivity contribution in [1.29, 1.82) is 0 Å². The minimum Gasteiger partial charge on any atom is -0.542 e. The van der Waals surface area contributed by atoms with Crippen LogP contribution in [-0.2, 0) is 0 Å². The zero-order valence-corrected chi connectivity index (χ0v) is 9.94. The first-order valence-corrected chi connectivity index (χ1v) is 3.15. The Bertz CT molecular complexity index is 441. The molecule has 0 aliphatic heterocycles. The molecule has 0 aliphatic carbocycles. The summed E-state index contributed by atoms with van der Waals surface area (Å²) >= 11 is 0. The standard InChI is InChI=1S/C6H4N4O2.K/c11-6(12)5-7-1-3-4(10-5)9-2-8-3;/h1-2H,(H,11,12)(H,7,8,9,10);/q;+1/p-1. The monoisotopic (exact) mass is 202 g/mol. The van der Waals surface area contributed by atoms with Crippen LogP contribution in [-0.4, -0.2) is 25.9 Å². The van der Waals surface area contributed by atoms with Crippen LogP contribution in [0.2, 0.25) is 0 Å². The molecule has 0 amide bonds. The predicted molar refractivity (Wildman–Crippen MR) is 36.0 cm³/mol. The minimum atomic E-state index is -1.40. The van der Waals surface area contributed by atoms with Gasteiger partial charge in [-0.3, -0.25) is 0 Å². The van der Waals surface area contributed by atoms with Gasteiger partial charge in [-0.1, -0.05) is 0 Å². The number of H-pyrrole nitrogens is 1. The number of carbonyl (C=O) groups is 1. The van der Waals surface area contributed by atoms with Gasteiger partial charge in [0.05, 0.1) is 12.5 Å². The molecule has 2 heterocycles. The van der Waals surface area contributed by atoms with Gasteiger partial charge in [0.2, 0.25) is 0 Å². The van der Waals surface area contributed by atoms with Crippen molar-refractivity contribution in [2.24, 2.45) is 0 Å². The average Bonchev–Trinajstić information content (AvgIpc) is 2.49. The van der Waals surface area contributed by atoms with Crippen LogP contribution in [0.15, 0.2) is 12.5 Å². The van der Waals surface area contributed by atoms with Gasteiger partial charge in [-0.2, -0.15) is 0 Å². The Morgan fingerprint density at radius 2 is 2.23 bits per heavy atom. The molecule has 0 radical (unpaired) electrons. The molecule has 0 atom stereocenters. The maximum atomic E-state index is 10.3. The molecule has 0 spiro atoms. The van der Waals surface area contributed by atoms with E-state index in [1.807, 2.05) is 0 Å². The molecule has 6 nitrogen and oxygen atoms in total. The number of nitrogens with one attached hydrogen (secondary N) is 1. The molecular formula is C6H3KN4O2. The van der Waals surface area contributed by atoms with E-state index in [4.69, 9.17) is 0 Å². The molecule has 2 rings (SSSR count). The summed E-state index contributed by atoms with van der Waals surface area (Å²) in [4.78, 5) is 23.9.